The molecule has 0 saturated heterocycles. The van der Waals surface area contributed by atoms with E-state index in [9.17, 15) is 9.59 Å². The first-order valence-electron chi connectivity index (χ1n) is 9.20. The molecule has 0 saturated carbocycles. The standard InChI is InChI=1S/C21H19N3O6/c1-27-18-12-24(15-5-3-2-4-6-15)23-20(18)21(26)30-13-19(25)22-14-7-8-16-17(11-14)29-10-9-28-16/h2-8,11-12H,9-10,13H2,1H3,(H,22,25). The number of carbonyl (C=O) groups excluding carboxylic acids is 2. The van der Waals surface area contributed by atoms with Crippen LogP contribution >= 0.6 is 0 Å². The highest BCUT2D eigenvalue weighted by Crippen LogP contribution is 2.32. The van der Waals surface area contributed by atoms with E-state index in [0.717, 1.165) is 5.69 Å². The average Bonchev–Trinajstić information content (AvgIpc) is 3.23. The molecule has 0 radical (unpaired) electrons. The van der Waals surface area contributed by atoms with Gasteiger partial charge in [-0.25, -0.2) is 9.48 Å². The summed E-state index contributed by atoms with van der Waals surface area (Å²) < 4.78 is 22.7. The minimum absolute atomic E-state index is 0.0199. The maximum Gasteiger partial charge on any atom is 0.363 e. The van der Waals surface area contributed by atoms with Crippen LogP contribution in [0, 0.1) is 0 Å². The quantitative estimate of drug-likeness (QED) is 0.624. The van der Waals surface area contributed by atoms with Crippen molar-refractivity contribution < 1.29 is 28.5 Å². The highest BCUT2D eigenvalue weighted by Gasteiger charge is 2.21. The predicted octanol–water partition coefficient (Wildman–Crippen LogP) is 2.45. The first-order valence-corrected chi connectivity index (χ1v) is 9.20. The second kappa shape index (κ2) is 8.56. The van der Waals surface area contributed by atoms with Gasteiger partial charge in [-0.15, -0.1) is 0 Å². The van der Waals surface area contributed by atoms with E-state index in [2.05, 4.69) is 10.4 Å². The van der Waals surface area contributed by atoms with Crippen LogP contribution in [0.25, 0.3) is 5.69 Å². The first kappa shape index (κ1) is 19.3. The number of hydrogen-bond donors (Lipinski definition) is 1. The predicted molar refractivity (Wildman–Crippen MR) is 106 cm³/mol. The summed E-state index contributed by atoms with van der Waals surface area (Å²) in [6, 6.07) is 14.3. The number of esters is 1. The highest BCUT2D eigenvalue weighted by molar-refractivity contribution is 5.96. The smallest absolute Gasteiger partial charge is 0.363 e. The van der Waals surface area contributed by atoms with Gasteiger partial charge >= 0.3 is 5.97 Å². The number of carbonyl (C=O) groups is 2. The highest BCUT2D eigenvalue weighted by atomic mass is 16.6. The summed E-state index contributed by atoms with van der Waals surface area (Å²) in [6.45, 7) is 0.451. The molecule has 0 fully saturated rings. The number of benzene rings is 2. The van der Waals surface area contributed by atoms with Gasteiger partial charge in [0.1, 0.15) is 13.2 Å². The van der Waals surface area contributed by atoms with Crippen molar-refractivity contribution >= 4 is 17.6 Å². The Morgan fingerprint density at radius 1 is 1.10 bits per heavy atom. The minimum Gasteiger partial charge on any atom is -0.493 e. The van der Waals surface area contributed by atoms with Crippen LogP contribution in [-0.4, -0.2) is 48.6 Å². The Morgan fingerprint density at radius 3 is 2.63 bits per heavy atom. The normalized spacial score (nSPS) is 12.2. The topological polar surface area (TPSA) is 101 Å². The van der Waals surface area contributed by atoms with E-state index in [1.165, 1.54) is 11.8 Å². The molecular formula is C21H19N3O6. The van der Waals surface area contributed by atoms with Crippen molar-refractivity contribution in [2.75, 3.05) is 32.2 Å². The molecule has 9 heteroatoms. The molecule has 2 heterocycles. The van der Waals surface area contributed by atoms with Crippen LogP contribution < -0.4 is 19.5 Å². The number of nitrogens with zero attached hydrogens (tertiary/aromatic N) is 2. The van der Waals surface area contributed by atoms with E-state index in [4.69, 9.17) is 18.9 Å². The SMILES string of the molecule is COc1cn(-c2ccccc2)nc1C(=O)OCC(=O)Nc1ccc2c(c1)OCCO2. The number of nitrogens with one attached hydrogen (secondary N) is 1. The zero-order valence-electron chi connectivity index (χ0n) is 16.2. The molecule has 1 N–H and O–H groups in total. The van der Waals surface area contributed by atoms with Gasteiger partial charge in [0, 0.05) is 11.8 Å². The molecule has 4 rings (SSSR count). The Kier molecular flexibility index (Phi) is 5.51. The number of fused-ring (bicyclic) bond motifs is 1. The summed E-state index contributed by atoms with van der Waals surface area (Å²) >= 11 is 0. The number of aromatic nitrogens is 2. The maximum atomic E-state index is 12.4. The number of anilines is 1. The van der Waals surface area contributed by atoms with Crippen LogP contribution in [0.5, 0.6) is 17.2 Å². The largest absolute Gasteiger partial charge is 0.493 e. The molecule has 1 amide bonds. The van der Waals surface area contributed by atoms with Crippen LogP contribution in [0.1, 0.15) is 10.5 Å². The van der Waals surface area contributed by atoms with Crippen molar-refractivity contribution in [1.82, 2.24) is 9.78 Å². The number of hydrogen-bond acceptors (Lipinski definition) is 7. The van der Waals surface area contributed by atoms with Crippen molar-refractivity contribution in [2.45, 2.75) is 0 Å². The molecule has 0 bridgehead atoms. The molecule has 9 nitrogen and oxygen atoms in total. The van der Waals surface area contributed by atoms with Crippen molar-refractivity contribution in [3.63, 3.8) is 0 Å². The van der Waals surface area contributed by atoms with Crippen molar-refractivity contribution in [3.05, 3.63) is 60.4 Å². The van der Waals surface area contributed by atoms with Gasteiger partial charge in [-0.2, -0.15) is 5.10 Å². The molecule has 1 aromatic heterocycles. The van der Waals surface area contributed by atoms with Crippen LogP contribution in [0.4, 0.5) is 5.69 Å². The Morgan fingerprint density at radius 2 is 1.87 bits per heavy atom. The fourth-order valence-electron chi connectivity index (χ4n) is 2.88. The molecule has 30 heavy (non-hydrogen) atoms. The molecule has 0 unspecified atom stereocenters. The second-order valence-corrected chi connectivity index (χ2v) is 6.31. The van der Waals surface area contributed by atoms with Crippen LogP contribution in [0.3, 0.4) is 0 Å². The lowest BCUT2D eigenvalue weighted by atomic mass is 10.2. The summed E-state index contributed by atoms with van der Waals surface area (Å²) in [4.78, 5) is 24.6. The fourth-order valence-corrected chi connectivity index (χ4v) is 2.88. The number of amides is 1. The zero-order valence-corrected chi connectivity index (χ0v) is 16.2. The molecule has 1 aliphatic rings. The molecule has 0 aliphatic carbocycles. The van der Waals surface area contributed by atoms with E-state index in [1.54, 1.807) is 24.4 Å². The molecule has 2 aromatic carbocycles. The lowest BCUT2D eigenvalue weighted by Crippen LogP contribution is -2.22. The van der Waals surface area contributed by atoms with Gasteiger partial charge in [0.25, 0.3) is 5.91 Å². The molecule has 154 valence electrons. The zero-order chi connectivity index (χ0) is 20.9. The van der Waals surface area contributed by atoms with Crippen molar-refractivity contribution in [1.29, 1.82) is 0 Å². The van der Waals surface area contributed by atoms with Gasteiger partial charge in [0.2, 0.25) is 5.69 Å². The van der Waals surface area contributed by atoms with Gasteiger partial charge in [0.05, 0.1) is 19.0 Å². The van der Waals surface area contributed by atoms with Crippen LogP contribution in [0.15, 0.2) is 54.7 Å². The van der Waals surface area contributed by atoms with E-state index in [0.29, 0.717) is 30.4 Å². The van der Waals surface area contributed by atoms with Crippen LogP contribution in [-0.2, 0) is 9.53 Å². The van der Waals surface area contributed by atoms with Gasteiger partial charge in [-0.05, 0) is 24.3 Å². The van der Waals surface area contributed by atoms with Crippen molar-refractivity contribution in [2.24, 2.45) is 0 Å². The number of ether oxygens (including phenoxy) is 4. The fraction of sp³-hybridized carbons (Fsp3) is 0.190. The monoisotopic (exact) mass is 409 g/mol. The van der Waals surface area contributed by atoms with Crippen molar-refractivity contribution in [3.8, 4) is 22.9 Å². The lowest BCUT2D eigenvalue weighted by molar-refractivity contribution is -0.119. The van der Waals surface area contributed by atoms with E-state index in [1.807, 2.05) is 30.3 Å². The molecule has 1 aliphatic heterocycles. The molecule has 0 atom stereocenters. The average molecular weight is 409 g/mol. The van der Waals surface area contributed by atoms with Gasteiger partial charge in [-0.1, -0.05) is 18.2 Å². The molecule has 3 aromatic rings. The second-order valence-electron chi connectivity index (χ2n) is 6.31. The summed E-state index contributed by atoms with van der Waals surface area (Å²) in [5, 5.41) is 6.87. The summed E-state index contributed by atoms with van der Waals surface area (Å²) in [5.41, 5.74) is 1.24. The molecule has 0 spiro atoms. The van der Waals surface area contributed by atoms with Crippen LogP contribution in [0.2, 0.25) is 0 Å². The first-order chi connectivity index (χ1) is 14.6. The Hall–Kier alpha value is -4.01. The Balaban J connectivity index is 1.38. The van der Waals surface area contributed by atoms with E-state index < -0.39 is 18.5 Å². The number of rotatable bonds is 6. The summed E-state index contributed by atoms with van der Waals surface area (Å²) in [5.74, 6) is 0.149. The van der Waals surface area contributed by atoms with Gasteiger partial charge < -0.3 is 24.3 Å². The number of para-hydroxylation sites is 1. The third kappa shape index (κ3) is 4.19. The number of methoxy groups -OCH3 is 1. The third-order valence-electron chi connectivity index (χ3n) is 4.27. The molecular weight excluding hydrogens is 390 g/mol. The summed E-state index contributed by atoms with van der Waals surface area (Å²) in [7, 11) is 1.43. The van der Waals surface area contributed by atoms with Gasteiger partial charge in [-0.3, -0.25) is 4.79 Å². The van der Waals surface area contributed by atoms with E-state index >= 15 is 0 Å². The minimum atomic E-state index is -0.765. The van der Waals surface area contributed by atoms with E-state index in [-0.39, 0.29) is 11.4 Å². The Labute approximate surface area is 172 Å². The third-order valence-corrected chi connectivity index (χ3v) is 4.27. The maximum absolute atomic E-state index is 12.4. The van der Waals surface area contributed by atoms with Gasteiger partial charge in [0.15, 0.2) is 23.9 Å². The Bertz CT molecular complexity index is 1060. The summed E-state index contributed by atoms with van der Waals surface area (Å²) in [6.07, 6.45) is 1.57. The lowest BCUT2D eigenvalue weighted by Gasteiger charge is -2.18.